The molecule has 0 aliphatic heterocycles. The summed E-state index contributed by atoms with van der Waals surface area (Å²) in [6.07, 6.45) is 1.05. The van der Waals surface area contributed by atoms with Gasteiger partial charge in [-0.2, -0.15) is 0 Å². The molecule has 1 aromatic carbocycles. The fourth-order valence-electron chi connectivity index (χ4n) is 1.51. The van der Waals surface area contributed by atoms with E-state index in [1.54, 1.807) is 0 Å². The molecule has 1 rings (SSSR count). The third-order valence-corrected chi connectivity index (χ3v) is 2.46. The molecular formula is C17H34N2O. The lowest BCUT2D eigenvalue weighted by Crippen LogP contribution is -2.10. The first-order chi connectivity index (χ1) is 9.74. The monoisotopic (exact) mass is 282 g/mol. The van der Waals surface area contributed by atoms with Gasteiger partial charge in [0.05, 0.1) is 6.61 Å². The molecule has 3 heteroatoms. The van der Waals surface area contributed by atoms with Crippen LogP contribution in [0.4, 0.5) is 0 Å². The minimum Gasteiger partial charge on any atom is -0.377 e. The zero-order valence-electron chi connectivity index (χ0n) is 14.2. The summed E-state index contributed by atoms with van der Waals surface area (Å²) in [7, 11) is 1.95. The number of rotatable bonds is 7. The van der Waals surface area contributed by atoms with Crippen LogP contribution in [-0.4, -0.2) is 20.2 Å². The smallest absolute Gasteiger partial charge is 0.0716 e. The van der Waals surface area contributed by atoms with Gasteiger partial charge in [-0.05, 0) is 38.1 Å². The average Bonchev–Trinajstić information content (AvgIpc) is 2.51. The molecule has 0 saturated heterocycles. The molecule has 1 aromatic rings. The molecule has 0 heterocycles. The predicted molar refractivity (Wildman–Crippen MR) is 89.9 cm³/mol. The zero-order valence-corrected chi connectivity index (χ0v) is 14.2. The second kappa shape index (κ2) is 16.2. The topological polar surface area (TPSA) is 47.3 Å². The van der Waals surface area contributed by atoms with Crippen molar-refractivity contribution in [3.63, 3.8) is 0 Å². The molecule has 0 fully saturated rings. The van der Waals surface area contributed by atoms with Gasteiger partial charge in [-0.15, -0.1) is 0 Å². The Morgan fingerprint density at radius 1 is 1.20 bits per heavy atom. The molecule has 0 aliphatic rings. The Balaban J connectivity index is 0. The van der Waals surface area contributed by atoms with Gasteiger partial charge < -0.3 is 15.8 Å². The summed E-state index contributed by atoms with van der Waals surface area (Å²) in [6.45, 7) is 12.5. The summed E-state index contributed by atoms with van der Waals surface area (Å²) in [5.41, 5.74) is 8.18. The van der Waals surface area contributed by atoms with Crippen LogP contribution in [0.1, 0.15) is 58.2 Å². The molecule has 0 aromatic heterocycles. The second-order valence-electron chi connectivity index (χ2n) is 4.04. The highest BCUT2D eigenvalue weighted by Crippen LogP contribution is 2.12. The summed E-state index contributed by atoms with van der Waals surface area (Å²) in [5, 5.41) is 3.09. The van der Waals surface area contributed by atoms with E-state index < -0.39 is 0 Å². The maximum Gasteiger partial charge on any atom is 0.0716 e. The molecule has 0 saturated carbocycles. The van der Waals surface area contributed by atoms with Gasteiger partial charge in [0.25, 0.3) is 0 Å². The second-order valence-corrected chi connectivity index (χ2v) is 4.04. The van der Waals surface area contributed by atoms with Crippen LogP contribution in [0, 0.1) is 0 Å². The van der Waals surface area contributed by atoms with Gasteiger partial charge in [-0.25, -0.2) is 0 Å². The quantitative estimate of drug-likeness (QED) is 0.746. The van der Waals surface area contributed by atoms with Crippen molar-refractivity contribution >= 4 is 0 Å². The van der Waals surface area contributed by atoms with Crippen molar-refractivity contribution < 1.29 is 4.74 Å². The highest BCUT2D eigenvalue weighted by molar-refractivity contribution is 5.24. The Bertz CT molecular complexity index is 301. The van der Waals surface area contributed by atoms with Crippen molar-refractivity contribution in [2.45, 2.75) is 53.7 Å². The molecule has 0 spiro atoms. The molecule has 0 amide bonds. The summed E-state index contributed by atoms with van der Waals surface area (Å²) in [4.78, 5) is 0. The highest BCUT2D eigenvalue weighted by atomic mass is 16.5. The van der Waals surface area contributed by atoms with E-state index in [0.717, 1.165) is 25.1 Å². The minimum atomic E-state index is 0.0873. The summed E-state index contributed by atoms with van der Waals surface area (Å²) in [5.74, 6) is 0. The SMILES string of the molecule is CC.CC.CNCCCOCc1cccc(C(C)N)c1. The Morgan fingerprint density at radius 3 is 2.40 bits per heavy atom. The van der Waals surface area contributed by atoms with Crippen LogP contribution in [0.25, 0.3) is 0 Å². The molecule has 1 atom stereocenters. The highest BCUT2D eigenvalue weighted by Gasteiger charge is 2.00. The average molecular weight is 282 g/mol. The van der Waals surface area contributed by atoms with Crippen LogP contribution in [0.5, 0.6) is 0 Å². The predicted octanol–water partition coefficient (Wildman–Crippen LogP) is 3.88. The van der Waals surface area contributed by atoms with Gasteiger partial charge in [-0.1, -0.05) is 52.0 Å². The maximum atomic E-state index is 5.83. The first-order valence-electron chi connectivity index (χ1n) is 7.81. The molecule has 0 bridgehead atoms. The Kier molecular flexibility index (Phi) is 17.3. The van der Waals surface area contributed by atoms with E-state index >= 15 is 0 Å². The molecule has 0 radical (unpaired) electrons. The molecule has 118 valence electrons. The molecule has 1 unspecified atom stereocenters. The van der Waals surface area contributed by atoms with Crippen LogP contribution in [-0.2, 0) is 11.3 Å². The summed E-state index contributed by atoms with van der Waals surface area (Å²) in [6, 6.07) is 8.36. The standard InChI is InChI=1S/C13H22N2O.2C2H6/c1-11(14)13-6-3-5-12(9-13)10-16-8-4-7-15-2;2*1-2/h3,5-6,9,11,15H,4,7-8,10,14H2,1-2H3;2*1-2H3. The van der Waals surface area contributed by atoms with Crippen molar-refractivity contribution in [2.75, 3.05) is 20.2 Å². The van der Waals surface area contributed by atoms with Crippen LogP contribution in [0.3, 0.4) is 0 Å². The van der Waals surface area contributed by atoms with E-state index in [-0.39, 0.29) is 6.04 Å². The van der Waals surface area contributed by atoms with Gasteiger partial charge in [0.1, 0.15) is 0 Å². The molecule has 3 nitrogen and oxygen atoms in total. The van der Waals surface area contributed by atoms with E-state index in [1.165, 1.54) is 5.56 Å². The zero-order chi connectivity index (χ0) is 15.8. The van der Waals surface area contributed by atoms with Crippen LogP contribution in [0.15, 0.2) is 24.3 Å². The van der Waals surface area contributed by atoms with Gasteiger partial charge in [0.2, 0.25) is 0 Å². The van der Waals surface area contributed by atoms with Crippen LogP contribution in [0.2, 0.25) is 0 Å². The number of benzene rings is 1. The first kappa shape index (κ1) is 21.4. The van der Waals surface area contributed by atoms with Crippen molar-refractivity contribution in [3.8, 4) is 0 Å². The lowest BCUT2D eigenvalue weighted by Gasteiger charge is -2.08. The maximum absolute atomic E-state index is 5.83. The molecular weight excluding hydrogens is 248 g/mol. The lowest BCUT2D eigenvalue weighted by atomic mass is 10.1. The lowest BCUT2D eigenvalue weighted by molar-refractivity contribution is 0.119. The van der Waals surface area contributed by atoms with E-state index in [9.17, 15) is 0 Å². The first-order valence-corrected chi connectivity index (χ1v) is 7.81. The van der Waals surface area contributed by atoms with Gasteiger partial charge in [0, 0.05) is 12.6 Å². The van der Waals surface area contributed by atoms with Gasteiger partial charge in [0.15, 0.2) is 0 Å². The van der Waals surface area contributed by atoms with Gasteiger partial charge >= 0.3 is 0 Å². The van der Waals surface area contributed by atoms with Crippen molar-refractivity contribution in [3.05, 3.63) is 35.4 Å². The molecule has 0 aliphatic carbocycles. The fraction of sp³-hybridized carbons (Fsp3) is 0.647. The molecule has 20 heavy (non-hydrogen) atoms. The number of hydrogen-bond acceptors (Lipinski definition) is 3. The Morgan fingerprint density at radius 2 is 1.85 bits per heavy atom. The third kappa shape index (κ3) is 11.0. The minimum absolute atomic E-state index is 0.0873. The van der Waals surface area contributed by atoms with Crippen molar-refractivity contribution in [2.24, 2.45) is 5.73 Å². The largest absolute Gasteiger partial charge is 0.377 e. The van der Waals surface area contributed by atoms with Crippen LogP contribution < -0.4 is 11.1 Å². The Labute approximate surface area is 125 Å². The number of nitrogens with one attached hydrogen (secondary N) is 1. The van der Waals surface area contributed by atoms with Crippen molar-refractivity contribution in [1.82, 2.24) is 5.32 Å². The number of nitrogens with two attached hydrogens (primary N) is 1. The third-order valence-electron chi connectivity index (χ3n) is 2.46. The number of hydrogen-bond donors (Lipinski definition) is 2. The molecule has 3 N–H and O–H groups in total. The fourth-order valence-corrected chi connectivity index (χ4v) is 1.51. The van der Waals surface area contributed by atoms with E-state index in [0.29, 0.717) is 6.61 Å². The Hall–Kier alpha value is -0.900. The number of ether oxygens (including phenoxy) is 1. The van der Waals surface area contributed by atoms with Crippen LogP contribution >= 0.6 is 0 Å². The van der Waals surface area contributed by atoms with E-state index in [1.807, 2.05) is 47.7 Å². The normalized spacial score (nSPS) is 10.8. The summed E-state index contributed by atoms with van der Waals surface area (Å²) >= 11 is 0. The van der Waals surface area contributed by atoms with Gasteiger partial charge in [-0.3, -0.25) is 0 Å². The van der Waals surface area contributed by atoms with Crippen molar-refractivity contribution in [1.29, 1.82) is 0 Å². The summed E-state index contributed by atoms with van der Waals surface area (Å²) < 4.78 is 5.58. The van der Waals surface area contributed by atoms with E-state index in [2.05, 4.69) is 23.5 Å². The van der Waals surface area contributed by atoms with E-state index in [4.69, 9.17) is 10.5 Å².